The van der Waals surface area contributed by atoms with E-state index in [2.05, 4.69) is 11.4 Å². The summed E-state index contributed by atoms with van der Waals surface area (Å²) in [6.07, 6.45) is 0. The van der Waals surface area contributed by atoms with Crippen LogP contribution in [0.15, 0.2) is 42.5 Å². The number of nitriles is 1. The van der Waals surface area contributed by atoms with E-state index in [0.717, 1.165) is 11.3 Å². The second-order valence-corrected chi connectivity index (χ2v) is 4.23. The fourth-order valence-corrected chi connectivity index (χ4v) is 1.77. The van der Waals surface area contributed by atoms with Gasteiger partial charge in [0.15, 0.2) is 0 Å². The zero-order valence-electron chi connectivity index (χ0n) is 10.5. The summed E-state index contributed by atoms with van der Waals surface area (Å²) in [4.78, 5) is 11.1. The summed E-state index contributed by atoms with van der Waals surface area (Å²) < 4.78 is 0. The molecule has 94 valence electrons. The van der Waals surface area contributed by atoms with E-state index in [0.29, 0.717) is 16.8 Å². The van der Waals surface area contributed by atoms with Gasteiger partial charge in [-0.25, -0.2) is 0 Å². The minimum absolute atomic E-state index is 0.426. The molecule has 0 heterocycles. The van der Waals surface area contributed by atoms with Gasteiger partial charge in [-0.05, 0) is 42.8 Å². The molecule has 0 saturated heterocycles. The van der Waals surface area contributed by atoms with Crippen molar-refractivity contribution in [1.82, 2.24) is 0 Å². The Hall–Kier alpha value is -2.80. The topological polar surface area (TPSA) is 78.9 Å². The number of aryl methyl sites for hydroxylation is 1. The van der Waals surface area contributed by atoms with E-state index < -0.39 is 5.91 Å². The van der Waals surface area contributed by atoms with E-state index in [9.17, 15) is 4.79 Å². The van der Waals surface area contributed by atoms with Crippen LogP contribution >= 0.6 is 0 Å². The first kappa shape index (κ1) is 12.7. The van der Waals surface area contributed by atoms with Crippen LogP contribution in [0.3, 0.4) is 0 Å². The summed E-state index contributed by atoms with van der Waals surface area (Å²) in [5.41, 5.74) is 8.66. The molecule has 0 fully saturated rings. The van der Waals surface area contributed by atoms with Crippen LogP contribution in [0.2, 0.25) is 0 Å². The number of benzene rings is 2. The van der Waals surface area contributed by atoms with Gasteiger partial charge in [0.1, 0.15) is 6.07 Å². The molecule has 3 N–H and O–H groups in total. The zero-order chi connectivity index (χ0) is 13.8. The van der Waals surface area contributed by atoms with Crippen LogP contribution in [0.25, 0.3) is 0 Å². The largest absolute Gasteiger partial charge is 0.366 e. The lowest BCUT2D eigenvalue weighted by Crippen LogP contribution is -2.10. The number of nitrogens with zero attached hydrogens (tertiary/aromatic N) is 1. The predicted octanol–water partition coefficient (Wildman–Crippen LogP) is 2.71. The number of nitrogens with one attached hydrogen (secondary N) is 1. The molecule has 0 aliphatic rings. The van der Waals surface area contributed by atoms with E-state index in [4.69, 9.17) is 11.0 Å². The third-order valence-electron chi connectivity index (χ3n) is 2.72. The highest BCUT2D eigenvalue weighted by molar-refractivity contribution is 5.94. The van der Waals surface area contributed by atoms with Gasteiger partial charge in [0, 0.05) is 11.3 Å². The van der Waals surface area contributed by atoms with Gasteiger partial charge in [0.25, 0.3) is 0 Å². The maximum Gasteiger partial charge on any atom is 0.248 e. The van der Waals surface area contributed by atoms with E-state index in [1.165, 1.54) is 0 Å². The Morgan fingerprint density at radius 2 is 2.05 bits per heavy atom. The van der Waals surface area contributed by atoms with Crippen LogP contribution in [0.1, 0.15) is 21.5 Å². The quantitative estimate of drug-likeness (QED) is 0.880. The number of carbonyl (C=O) groups is 1. The van der Waals surface area contributed by atoms with Gasteiger partial charge in [0.2, 0.25) is 5.91 Å². The van der Waals surface area contributed by atoms with Crippen molar-refractivity contribution in [2.45, 2.75) is 6.92 Å². The number of anilines is 2. The molecule has 2 aromatic rings. The predicted molar refractivity (Wildman–Crippen MR) is 74.1 cm³/mol. The summed E-state index contributed by atoms with van der Waals surface area (Å²) in [5, 5.41) is 12.2. The highest BCUT2D eigenvalue weighted by atomic mass is 16.1. The monoisotopic (exact) mass is 251 g/mol. The van der Waals surface area contributed by atoms with E-state index in [-0.39, 0.29) is 0 Å². The second-order valence-electron chi connectivity index (χ2n) is 4.23. The van der Waals surface area contributed by atoms with Gasteiger partial charge in [-0.15, -0.1) is 0 Å². The minimum Gasteiger partial charge on any atom is -0.366 e. The second kappa shape index (κ2) is 5.23. The van der Waals surface area contributed by atoms with Gasteiger partial charge in [0.05, 0.1) is 11.3 Å². The molecule has 2 aromatic carbocycles. The number of hydrogen-bond donors (Lipinski definition) is 2. The molecule has 0 radical (unpaired) electrons. The molecule has 0 spiro atoms. The van der Waals surface area contributed by atoms with Crippen molar-refractivity contribution in [3.05, 3.63) is 59.2 Å². The smallest absolute Gasteiger partial charge is 0.248 e. The Morgan fingerprint density at radius 3 is 2.74 bits per heavy atom. The number of carbonyl (C=O) groups excluding carboxylic acids is 1. The number of nitrogens with two attached hydrogens (primary N) is 1. The van der Waals surface area contributed by atoms with Crippen LogP contribution in [-0.4, -0.2) is 5.91 Å². The lowest BCUT2D eigenvalue weighted by atomic mass is 10.1. The lowest BCUT2D eigenvalue weighted by Gasteiger charge is -2.09. The molecular weight excluding hydrogens is 238 g/mol. The maximum atomic E-state index is 11.1. The van der Waals surface area contributed by atoms with Gasteiger partial charge in [-0.1, -0.05) is 12.1 Å². The number of amides is 1. The van der Waals surface area contributed by atoms with Crippen molar-refractivity contribution in [1.29, 1.82) is 5.26 Å². The zero-order valence-corrected chi connectivity index (χ0v) is 10.5. The standard InChI is InChI=1S/C15H13N3O/c1-10-5-6-14(12(7-10)9-16)18-13-4-2-3-11(8-13)15(17)19/h2-8,18H,1H3,(H2,17,19). The number of hydrogen-bond acceptors (Lipinski definition) is 3. The molecule has 4 heteroatoms. The highest BCUT2D eigenvalue weighted by Crippen LogP contribution is 2.22. The normalized spacial score (nSPS) is 9.68. The molecule has 0 unspecified atom stereocenters. The molecule has 0 saturated carbocycles. The first-order valence-electron chi connectivity index (χ1n) is 5.78. The fraction of sp³-hybridized carbons (Fsp3) is 0.0667. The average Bonchev–Trinajstić information content (AvgIpc) is 2.41. The Kier molecular flexibility index (Phi) is 3.48. The van der Waals surface area contributed by atoms with Crippen molar-refractivity contribution in [2.24, 2.45) is 5.73 Å². The summed E-state index contributed by atoms with van der Waals surface area (Å²) >= 11 is 0. The molecule has 0 bridgehead atoms. The molecule has 19 heavy (non-hydrogen) atoms. The fourth-order valence-electron chi connectivity index (χ4n) is 1.77. The van der Waals surface area contributed by atoms with Gasteiger partial charge >= 0.3 is 0 Å². The summed E-state index contributed by atoms with van der Waals surface area (Å²) in [6, 6.07) is 14.6. The van der Waals surface area contributed by atoms with Crippen molar-refractivity contribution >= 4 is 17.3 Å². The third kappa shape index (κ3) is 2.90. The molecule has 0 aliphatic heterocycles. The molecule has 0 aromatic heterocycles. The summed E-state index contributed by atoms with van der Waals surface area (Å²) in [6.45, 7) is 1.93. The van der Waals surface area contributed by atoms with E-state index >= 15 is 0 Å². The molecule has 0 atom stereocenters. The molecule has 4 nitrogen and oxygen atoms in total. The average molecular weight is 251 g/mol. The minimum atomic E-state index is -0.479. The number of primary amides is 1. The maximum absolute atomic E-state index is 11.1. The van der Waals surface area contributed by atoms with Crippen LogP contribution < -0.4 is 11.1 Å². The summed E-state index contributed by atoms with van der Waals surface area (Å²) in [7, 11) is 0. The van der Waals surface area contributed by atoms with Crippen LogP contribution in [-0.2, 0) is 0 Å². The summed E-state index contributed by atoms with van der Waals surface area (Å²) in [5.74, 6) is -0.479. The lowest BCUT2D eigenvalue weighted by molar-refractivity contribution is 0.100. The SMILES string of the molecule is Cc1ccc(Nc2cccc(C(N)=O)c2)c(C#N)c1. The van der Waals surface area contributed by atoms with E-state index in [1.54, 1.807) is 24.3 Å². The molecule has 2 rings (SSSR count). The Balaban J connectivity index is 2.34. The van der Waals surface area contributed by atoms with Crippen LogP contribution in [0, 0.1) is 18.3 Å². The third-order valence-corrected chi connectivity index (χ3v) is 2.72. The molecule has 0 aliphatic carbocycles. The van der Waals surface area contributed by atoms with Crippen molar-refractivity contribution in [2.75, 3.05) is 5.32 Å². The van der Waals surface area contributed by atoms with Gasteiger partial charge < -0.3 is 11.1 Å². The first-order valence-corrected chi connectivity index (χ1v) is 5.78. The Morgan fingerprint density at radius 1 is 1.26 bits per heavy atom. The van der Waals surface area contributed by atoms with Crippen LogP contribution in [0.5, 0.6) is 0 Å². The Labute approximate surface area is 111 Å². The van der Waals surface area contributed by atoms with Crippen molar-refractivity contribution in [3.63, 3.8) is 0 Å². The Bertz CT molecular complexity index is 671. The number of rotatable bonds is 3. The van der Waals surface area contributed by atoms with Crippen molar-refractivity contribution in [3.8, 4) is 6.07 Å². The van der Waals surface area contributed by atoms with E-state index in [1.807, 2.05) is 25.1 Å². The first-order chi connectivity index (χ1) is 9.10. The van der Waals surface area contributed by atoms with Gasteiger partial charge in [-0.2, -0.15) is 5.26 Å². The van der Waals surface area contributed by atoms with Crippen molar-refractivity contribution < 1.29 is 4.79 Å². The highest BCUT2D eigenvalue weighted by Gasteiger charge is 2.05. The molecule has 1 amide bonds. The molecular formula is C15H13N3O. The van der Waals surface area contributed by atoms with Crippen LogP contribution in [0.4, 0.5) is 11.4 Å². The van der Waals surface area contributed by atoms with Gasteiger partial charge in [-0.3, -0.25) is 4.79 Å².